The number of aromatic hydroxyl groups is 1. The Morgan fingerprint density at radius 1 is 1.33 bits per heavy atom. The number of phenols is 1. The van der Waals surface area contributed by atoms with Crippen LogP contribution >= 0.6 is 27.5 Å². The summed E-state index contributed by atoms with van der Waals surface area (Å²) in [5.41, 5.74) is 2.46. The molecule has 0 saturated carbocycles. The summed E-state index contributed by atoms with van der Waals surface area (Å²) in [5.74, 6) is 0.594. The van der Waals surface area contributed by atoms with Gasteiger partial charge in [-0.3, -0.25) is 4.68 Å². The largest absolute Gasteiger partial charge is 0.506 e. The smallest absolute Gasteiger partial charge is 0.323 e. The molecule has 3 aromatic rings. The molecule has 0 spiro atoms. The number of urea groups is 1. The molecule has 2 amide bonds. The minimum atomic E-state index is -0.497. The van der Waals surface area contributed by atoms with Crippen LogP contribution in [0.3, 0.4) is 0 Å². The summed E-state index contributed by atoms with van der Waals surface area (Å²) >= 11 is 9.40. The highest BCUT2D eigenvalue weighted by Crippen LogP contribution is 2.37. The van der Waals surface area contributed by atoms with E-state index in [9.17, 15) is 9.90 Å². The molecule has 1 fully saturated rings. The van der Waals surface area contributed by atoms with E-state index in [-0.39, 0.29) is 11.4 Å². The number of amides is 2. The maximum absolute atomic E-state index is 12.5. The summed E-state index contributed by atoms with van der Waals surface area (Å²) in [4.78, 5) is 12.5. The Bertz CT molecular complexity index is 1130. The van der Waals surface area contributed by atoms with E-state index in [0.29, 0.717) is 29.1 Å². The van der Waals surface area contributed by atoms with Crippen molar-refractivity contribution in [1.82, 2.24) is 15.1 Å². The highest BCUT2D eigenvalue weighted by molar-refractivity contribution is 9.10. The van der Waals surface area contributed by atoms with Crippen LogP contribution in [0.25, 0.3) is 11.3 Å². The van der Waals surface area contributed by atoms with Gasteiger partial charge in [0, 0.05) is 35.4 Å². The number of hydrogen-bond donors (Lipinski definition) is 4. The summed E-state index contributed by atoms with van der Waals surface area (Å²) in [7, 11) is 1.85. The van der Waals surface area contributed by atoms with E-state index >= 15 is 0 Å². The van der Waals surface area contributed by atoms with Gasteiger partial charge >= 0.3 is 6.03 Å². The third-order valence-electron chi connectivity index (χ3n) is 5.48. The van der Waals surface area contributed by atoms with Crippen molar-refractivity contribution in [2.24, 2.45) is 7.05 Å². The molecule has 8 nitrogen and oxygen atoms in total. The second-order valence-corrected chi connectivity index (χ2v) is 9.14. The van der Waals surface area contributed by atoms with Crippen LogP contribution in [0.15, 0.2) is 47.1 Å². The Hall–Kier alpha value is -2.75. The Morgan fingerprint density at radius 3 is 2.88 bits per heavy atom. The van der Waals surface area contributed by atoms with Crippen molar-refractivity contribution in [3.05, 3.63) is 52.1 Å². The zero-order valence-electron chi connectivity index (χ0n) is 18.1. The van der Waals surface area contributed by atoms with Crippen molar-refractivity contribution < 1.29 is 14.6 Å². The fourth-order valence-corrected chi connectivity index (χ4v) is 4.57. The number of benzene rings is 2. The number of nitrogens with zero attached hydrogens (tertiary/aromatic N) is 2. The van der Waals surface area contributed by atoms with E-state index in [2.05, 4.69) is 37.0 Å². The summed E-state index contributed by atoms with van der Waals surface area (Å²) < 4.78 is 8.71. The highest BCUT2D eigenvalue weighted by atomic mass is 79.9. The second-order valence-electron chi connectivity index (χ2n) is 7.85. The predicted molar refractivity (Wildman–Crippen MR) is 133 cm³/mol. The first-order chi connectivity index (χ1) is 15.9. The molecule has 0 aliphatic carbocycles. The minimum absolute atomic E-state index is 0.113. The maximum atomic E-state index is 12.5. The molecule has 1 unspecified atom stereocenters. The van der Waals surface area contributed by atoms with Crippen molar-refractivity contribution in [1.29, 1.82) is 0 Å². The van der Waals surface area contributed by atoms with Crippen LogP contribution in [0.2, 0.25) is 5.02 Å². The molecule has 10 heteroatoms. The molecule has 0 bridgehead atoms. The van der Waals surface area contributed by atoms with Gasteiger partial charge in [-0.2, -0.15) is 5.10 Å². The average molecular weight is 535 g/mol. The topological polar surface area (TPSA) is 100 Å². The molecule has 174 valence electrons. The summed E-state index contributed by atoms with van der Waals surface area (Å²) in [5, 5.41) is 23.6. The number of phenolic OH excluding ortho intramolecular Hbond substituents is 1. The molecule has 1 aliphatic heterocycles. The summed E-state index contributed by atoms with van der Waals surface area (Å²) in [6, 6.07) is 9.93. The first-order valence-electron chi connectivity index (χ1n) is 10.7. The van der Waals surface area contributed by atoms with Gasteiger partial charge in [-0.15, -0.1) is 0 Å². The van der Waals surface area contributed by atoms with Crippen molar-refractivity contribution >= 4 is 44.9 Å². The number of nitrogens with one attached hydrogen (secondary N) is 3. The van der Waals surface area contributed by atoms with Crippen LogP contribution in [-0.4, -0.2) is 40.1 Å². The lowest BCUT2D eigenvalue weighted by molar-refractivity contribution is 0.262. The second kappa shape index (κ2) is 10.5. The third kappa shape index (κ3) is 5.79. The third-order valence-corrected chi connectivity index (χ3v) is 6.30. The molecular weight excluding hydrogens is 510 g/mol. The van der Waals surface area contributed by atoms with Crippen LogP contribution in [0, 0.1) is 0 Å². The van der Waals surface area contributed by atoms with Gasteiger partial charge in [0.15, 0.2) is 0 Å². The number of carbonyl (C=O) groups excluding carboxylic acids is 1. The average Bonchev–Trinajstić information content (AvgIpc) is 3.41. The van der Waals surface area contributed by atoms with Gasteiger partial charge in [-0.25, -0.2) is 4.79 Å². The number of halogens is 2. The molecule has 1 saturated heterocycles. The van der Waals surface area contributed by atoms with Crippen molar-refractivity contribution in [3.63, 3.8) is 0 Å². The molecular formula is C23H25BrClN5O3. The van der Waals surface area contributed by atoms with E-state index in [0.717, 1.165) is 28.7 Å². The normalized spacial score (nSPS) is 15.4. The predicted octanol–water partition coefficient (Wildman–Crippen LogP) is 5.37. The van der Waals surface area contributed by atoms with Crippen molar-refractivity contribution in [2.75, 3.05) is 23.8 Å². The number of rotatable bonds is 7. The maximum Gasteiger partial charge on any atom is 0.323 e. The molecule has 4 N–H and O–H groups in total. The fraction of sp³-hybridized carbons (Fsp3) is 0.304. The highest BCUT2D eigenvalue weighted by Gasteiger charge is 2.18. The Balaban J connectivity index is 1.52. The van der Waals surface area contributed by atoms with Gasteiger partial charge in [0.2, 0.25) is 0 Å². The van der Waals surface area contributed by atoms with Crippen molar-refractivity contribution in [3.8, 4) is 22.8 Å². The molecule has 33 heavy (non-hydrogen) atoms. The molecule has 1 atom stereocenters. The van der Waals surface area contributed by atoms with Gasteiger partial charge in [0.25, 0.3) is 0 Å². The number of carbonyl (C=O) groups is 1. The molecule has 4 rings (SSSR count). The summed E-state index contributed by atoms with van der Waals surface area (Å²) in [6.45, 7) is 1.65. The lowest BCUT2D eigenvalue weighted by Gasteiger charge is -2.16. The molecule has 2 aromatic carbocycles. The Morgan fingerprint density at radius 2 is 2.18 bits per heavy atom. The van der Waals surface area contributed by atoms with Gasteiger partial charge in [-0.1, -0.05) is 11.6 Å². The monoisotopic (exact) mass is 533 g/mol. The quantitative estimate of drug-likeness (QED) is 0.305. The number of ether oxygens (including phenoxy) is 1. The SMILES string of the molecule is Cn1ncc(Br)c1-c1cc(NC(=O)Nc2ccc(Cl)cc2O)ccc1OCCC1CCCN1. The van der Waals surface area contributed by atoms with E-state index in [1.807, 2.05) is 19.2 Å². The van der Waals surface area contributed by atoms with E-state index in [1.165, 1.54) is 25.0 Å². The number of hydrogen-bond acceptors (Lipinski definition) is 5. The summed E-state index contributed by atoms with van der Waals surface area (Å²) in [6.07, 6.45) is 5.02. The number of aromatic nitrogens is 2. The van der Waals surface area contributed by atoms with Gasteiger partial charge in [0.1, 0.15) is 11.5 Å². The lowest BCUT2D eigenvalue weighted by atomic mass is 10.1. The fourth-order valence-electron chi connectivity index (χ4n) is 3.84. The zero-order chi connectivity index (χ0) is 23.4. The van der Waals surface area contributed by atoms with E-state index < -0.39 is 6.03 Å². The first kappa shape index (κ1) is 23.4. The van der Waals surface area contributed by atoms with Crippen LogP contribution in [0.4, 0.5) is 16.2 Å². The molecule has 2 heterocycles. The minimum Gasteiger partial charge on any atom is -0.506 e. The number of anilines is 2. The van der Waals surface area contributed by atoms with Crippen molar-refractivity contribution in [2.45, 2.75) is 25.3 Å². The Labute approximate surface area is 205 Å². The van der Waals surface area contributed by atoms with E-state index in [4.69, 9.17) is 16.3 Å². The van der Waals surface area contributed by atoms with Crippen LogP contribution < -0.4 is 20.7 Å². The van der Waals surface area contributed by atoms with E-state index in [1.54, 1.807) is 23.0 Å². The van der Waals surface area contributed by atoms with Gasteiger partial charge in [-0.05, 0) is 72.1 Å². The first-order valence-corrected chi connectivity index (χ1v) is 11.8. The zero-order valence-corrected chi connectivity index (χ0v) is 20.4. The number of aryl methyl sites for hydroxylation is 1. The molecule has 0 radical (unpaired) electrons. The lowest BCUT2D eigenvalue weighted by Crippen LogP contribution is -2.23. The molecule has 1 aromatic heterocycles. The van der Waals surface area contributed by atoms with Crippen LogP contribution in [-0.2, 0) is 7.05 Å². The van der Waals surface area contributed by atoms with Gasteiger partial charge in [0.05, 0.1) is 28.7 Å². The van der Waals surface area contributed by atoms with Crippen LogP contribution in [0.5, 0.6) is 11.5 Å². The van der Waals surface area contributed by atoms with Crippen LogP contribution in [0.1, 0.15) is 19.3 Å². The molecule has 1 aliphatic rings. The Kier molecular flexibility index (Phi) is 7.42. The van der Waals surface area contributed by atoms with Gasteiger partial charge < -0.3 is 25.8 Å². The standard InChI is InChI=1S/C23H25BrClN5O3/c1-30-22(18(24)13-27-30)17-12-16(5-7-21(17)33-10-8-15-3-2-9-26-15)28-23(32)29-19-6-4-14(25)11-20(19)31/h4-7,11-13,15,26,31H,2-3,8-10H2,1H3,(H2,28,29,32).